The molecule has 6 nitrogen and oxygen atoms in total. The minimum atomic E-state index is 0.0107. The van der Waals surface area contributed by atoms with Crippen molar-refractivity contribution in [1.29, 1.82) is 0 Å². The summed E-state index contributed by atoms with van der Waals surface area (Å²) in [7, 11) is 0. The Morgan fingerprint density at radius 1 is 1.00 bits per heavy atom. The van der Waals surface area contributed by atoms with Crippen molar-refractivity contribution >= 4 is 11.9 Å². The van der Waals surface area contributed by atoms with Gasteiger partial charge in [0.2, 0.25) is 11.9 Å². The van der Waals surface area contributed by atoms with Gasteiger partial charge in [0.1, 0.15) is 5.82 Å². The summed E-state index contributed by atoms with van der Waals surface area (Å²) in [6.07, 6.45) is 10.8. The molecule has 1 amide bonds. The van der Waals surface area contributed by atoms with Crippen LogP contribution in [0, 0.1) is 6.92 Å². The van der Waals surface area contributed by atoms with E-state index in [9.17, 15) is 4.79 Å². The Morgan fingerprint density at radius 2 is 1.74 bits per heavy atom. The van der Waals surface area contributed by atoms with Gasteiger partial charge < -0.3 is 0 Å². The fraction of sp³-hybridized carbons (Fsp3) is 0.824. The molecule has 1 atom stereocenters. The van der Waals surface area contributed by atoms with Gasteiger partial charge in [-0.05, 0) is 52.0 Å². The lowest BCUT2D eigenvalue weighted by molar-refractivity contribution is -0.123. The largest absolute Gasteiger partial charge is 0.294 e. The van der Waals surface area contributed by atoms with Gasteiger partial charge in [-0.1, -0.05) is 19.3 Å². The third-order valence-corrected chi connectivity index (χ3v) is 5.65. The Kier molecular flexibility index (Phi) is 4.09. The zero-order valence-corrected chi connectivity index (χ0v) is 14.0. The van der Waals surface area contributed by atoms with Crippen LogP contribution in [0.5, 0.6) is 0 Å². The molecule has 0 radical (unpaired) electrons. The van der Waals surface area contributed by atoms with E-state index in [2.05, 4.69) is 25.0 Å². The number of aryl methyl sites for hydroxylation is 1. The number of anilines is 1. The second-order valence-electron chi connectivity index (χ2n) is 7.35. The summed E-state index contributed by atoms with van der Waals surface area (Å²) in [6, 6.07) is 1.10. The maximum absolute atomic E-state index is 12.9. The number of amides is 1. The number of hydrogen-bond donors (Lipinski definition) is 1. The van der Waals surface area contributed by atoms with Crippen LogP contribution in [0.15, 0.2) is 0 Å². The van der Waals surface area contributed by atoms with Crippen molar-refractivity contribution < 1.29 is 4.79 Å². The molecule has 1 N–H and O–H groups in total. The minimum absolute atomic E-state index is 0.0107. The Hall–Kier alpha value is -1.43. The molecule has 0 aromatic carbocycles. The first-order valence-corrected chi connectivity index (χ1v) is 9.22. The van der Waals surface area contributed by atoms with Crippen LogP contribution in [-0.2, 0) is 4.79 Å². The molecule has 3 aliphatic rings. The molecule has 0 spiro atoms. The van der Waals surface area contributed by atoms with Crippen molar-refractivity contribution in [2.45, 2.75) is 82.8 Å². The SMILES string of the molecule is Cc1nnc(NC(=O)C2CCCCN2C2CCCC2)n1C1CC1. The Balaban J connectivity index is 1.48. The molecule has 0 bridgehead atoms. The summed E-state index contributed by atoms with van der Waals surface area (Å²) in [5.74, 6) is 1.66. The summed E-state index contributed by atoms with van der Waals surface area (Å²) in [6.45, 7) is 3.03. The molecule has 2 heterocycles. The highest BCUT2D eigenvalue weighted by molar-refractivity contribution is 5.93. The number of nitrogens with zero attached hydrogens (tertiary/aromatic N) is 4. The van der Waals surface area contributed by atoms with Crippen molar-refractivity contribution in [3.05, 3.63) is 5.82 Å². The van der Waals surface area contributed by atoms with Crippen LogP contribution in [0.1, 0.15) is 69.7 Å². The van der Waals surface area contributed by atoms with Gasteiger partial charge in [-0.15, -0.1) is 10.2 Å². The van der Waals surface area contributed by atoms with E-state index in [-0.39, 0.29) is 11.9 Å². The predicted octanol–water partition coefficient (Wildman–Crippen LogP) is 2.66. The van der Waals surface area contributed by atoms with E-state index in [4.69, 9.17) is 0 Å². The van der Waals surface area contributed by atoms with E-state index in [0.717, 1.165) is 25.2 Å². The first-order valence-electron chi connectivity index (χ1n) is 9.22. The molecule has 1 aromatic rings. The molecule has 1 unspecified atom stereocenters. The normalized spacial score (nSPS) is 26.6. The molecule has 3 fully saturated rings. The molecular formula is C17H27N5O. The van der Waals surface area contributed by atoms with Gasteiger partial charge in [0.25, 0.3) is 0 Å². The first kappa shape index (κ1) is 15.1. The van der Waals surface area contributed by atoms with E-state index in [0.29, 0.717) is 18.0 Å². The number of piperidine rings is 1. The van der Waals surface area contributed by atoms with Gasteiger partial charge in [-0.3, -0.25) is 19.6 Å². The number of rotatable bonds is 4. The number of hydrogen-bond acceptors (Lipinski definition) is 4. The predicted molar refractivity (Wildman–Crippen MR) is 88.3 cm³/mol. The standard InChI is InChI=1S/C17H27N5O/c1-12-19-20-17(22(12)14-9-10-14)18-16(23)15-8-4-5-11-21(15)13-6-2-3-7-13/h13-15H,2-11H2,1H3,(H,18,20,23). The second-order valence-corrected chi connectivity index (χ2v) is 7.35. The number of likely N-dealkylation sites (tertiary alicyclic amines) is 1. The van der Waals surface area contributed by atoms with Crippen molar-refractivity contribution in [3.8, 4) is 0 Å². The van der Waals surface area contributed by atoms with Crippen LogP contribution in [0.25, 0.3) is 0 Å². The van der Waals surface area contributed by atoms with E-state index >= 15 is 0 Å². The lowest BCUT2D eigenvalue weighted by atomic mass is 9.98. The fourth-order valence-electron chi connectivity index (χ4n) is 4.33. The Morgan fingerprint density at radius 3 is 2.48 bits per heavy atom. The van der Waals surface area contributed by atoms with E-state index in [1.54, 1.807) is 0 Å². The van der Waals surface area contributed by atoms with Crippen LogP contribution in [-0.4, -0.2) is 44.2 Å². The number of carbonyl (C=O) groups is 1. The molecule has 1 aromatic heterocycles. The minimum Gasteiger partial charge on any atom is -0.294 e. The van der Waals surface area contributed by atoms with Gasteiger partial charge in [-0.25, -0.2) is 0 Å². The van der Waals surface area contributed by atoms with Crippen LogP contribution >= 0.6 is 0 Å². The van der Waals surface area contributed by atoms with E-state index in [1.807, 2.05) is 6.92 Å². The monoisotopic (exact) mass is 317 g/mol. The second kappa shape index (κ2) is 6.23. The van der Waals surface area contributed by atoms with Crippen LogP contribution in [0.3, 0.4) is 0 Å². The molecule has 6 heteroatoms. The molecule has 2 aliphatic carbocycles. The summed E-state index contributed by atoms with van der Waals surface area (Å²) in [4.78, 5) is 15.4. The molecule has 2 saturated carbocycles. The van der Waals surface area contributed by atoms with E-state index in [1.165, 1.54) is 44.9 Å². The van der Waals surface area contributed by atoms with Crippen molar-refractivity contribution in [2.75, 3.05) is 11.9 Å². The zero-order valence-electron chi connectivity index (χ0n) is 14.0. The van der Waals surface area contributed by atoms with Gasteiger partial charge in [0.15, 0.2) is 0 Å². The Labute approximate surface area is 137 Å². The van der Waals surface area contributed by atoms with Crippen molar-refractivity contribution in [1.82, 2.24) is 19.7 Å². The van der Waals surface area contributed by atoms with Gasteiger partial charge in [0.05, 0.1) is 6.04 Å². The summed E-state index contributed by atoms with van der Waals surface area (Å²) in [5, 5.41) is 11.4. The average Bonchev–Trinajstić information content (AvgIpc) is 3.11. The molecule has 126 valence electrons. The van der Waals surface area contributed by atoms with Gasteiger partial charge in [0, 0.05) is 12.1 Å². The third-order valence-electron chi connectivity index (χ3n) is 5.65. The van der Waals surface area contributed by atoms with Crippen molar-refractivity contribution in [2.24, 2.45) is 0 Å². The number of carbonyl (C=O) groups excluding carboxylic acids is 1. The quantitative estimate of drug-likeness (QED) is 0.927. The lowest BCUT2D eigenvalue weighted by Crippen LogP contribution is -2.51. The third kappa shape index (κ3) is 3.01. The molecular weight excluding hydrogens is 290 g/mol. The zero-order chi connectivity index (χ0) is 15.8. The Bertz CT molecular complexity index is 574. The highest BCUT2D eigenvalue weighted by Gasteiger charge is 2.36. The molecule has 4 rings (SSSR count). The lowest BCUT2D eigenvalue weighted by Gasteiger charge is -2.38. The van der Waals surface area contributed by atoms with Crippen LogP contribution in [0.4, 0.5) is 5.95 Å². The summed E-state index contributed by atoms with van der Waals surface area (Å²) < 4.78 is 2.10. The number of aromatic nitrogens is 3. The van der Waals surface area contributed by atoms with Gasteiger partial charge in [-0.2, -0.15) is 0 Å². The average molecular weight is 317 g/mol. The smallest absolute Gasteiger partial charge is 0.244 e. The molecule has 23 heavy (non-hydrogen) atoms. The van der Waals surface area contributed by atoms with Crippen molar-refractivity contribution in [3.63, 3.8) is 0 Å². The highest BCUT2D eigenvalue weighted by Crippen LogP contribution is 2.38. The summed E-state index contributed by atoms with van der Waals surface area (Å²) >= 11 is 0. The maximum Gasteiger partial charge on any atom is 0.244 e. The van der Waals surface area contributed by atoms with Crippen LogP contribution < -0.4 is 5.32 Å². The van der Waals surface area contributed by atoms with E-state index < -0.39 is 0 Å². The molecule has 1 aliphatic heterocycles. The highest BCUT2D eigenvalue weighted by atomic mass is 16.2. The maximum atomic E-state index is 12.9. The fourth-order valence-corrected chi connectivity index (χ4v) is 4.33. The first-order chi connectivity index (χ1) is 11.2. The van der Waals surface area contributed by atoms with Crippen LogP contribution in [0.2, 0.25) is 0 Å². The summed E-state index contributed by atoms with van der Waals surface area (Å²) in [5.41, 5.74) is 0. The molecule has 1 saturated heterocycles. The number of nitrogens with one attached hydrogen (secondary N) is 1. The van der Waals surface area contributed by atoms with Gasteiger partial charge >= 0.3 is 0 Å². The topological polar surface area (TPSA) is 63.1 Å².